The predicted octanol–water partition coefficient (Wildman–Crippen LogP) is 3.59. The van der Waals surface area contributed by atoms with Crippen LogP contribution in [0, 0.1) is 23.0 Å². The van der Waals surface area contributed by atoms with Gasteiger partial charge in [0.2, 0.25) is 0 Å². The topological polar surface area (TPSA) is 45.0 Å². The van der Waals surface area contributed by atoms with Crippen LogP contribution in [0.15, 0.2) is 36.4 Å². The molecule has 1 N–H and O–H groups in total. The molecule has 2 aromatic rings. The highest BCUT2D eigenvalue weighted by Crippen LogP contribution is 2.25. The van der Waals surface area contributed by atoms with E-state index >= 15 is 0 Å². The number of nitrogens with one attached hydrogen (secondary N) is 1. The lowest BCUT2D eigenvalue weighted by atomic mass is 10.2. The Hall–Kier alpha value is -2.61. The van der Waals surface area contributed by atoms with Crippen molar-refractivity contribution < 1.29 is 13.5 Å². The summed E-state index contributed by atoms with van der Waals surface area (Å²) in [5.41, 5.74) is 0.995. The first-order valence-electron chi connectivity index (χ1n) is 5.44. The Morgan fingerprint density at radius 2 is 1.74 bits per heavy atom. The van der Waals surface area contributed by atoms with Crippen LogP contribution in [0.25, 0.3) is 0 Å². The van der Waals surface area contributed by atoms with Crippen molar-refractivity contribution in [3.05, 3.63) is 53.6 Å². The van der Waals surface area contributed by atoms with Gasteiger partial charge in [-0.3, -0.25) is 0 Å². The lowest BCUT2D eigenvalue weighted by molar-refractivity contribution is 0.387. The molecule has 3 nitrogen and oxygen atoms in total. The number of hydrogen-bond donors (Lipinski definition) is 1. The molecule has 2 rings (SSSR count). The number of benzene rings is 2. The fraction of sp³-hybridized carbons (Fsp3) is 0.0714. The Labute approximate surface area is 109 Å². The van der Waals surface area contributed by atoms with Crippen LogP contribution in [0.1, 0.15) is 5.56 Å². The molecule has 0 bridgehead atoms. The maximum absolute atomic E-state index is 13.4. The number of halogens is 2. The lowest BCUT2D eigenvalue weighted by Crippen LogP contribution is -1.95. The van der Waals surface area contributed by atoms with Crippen LogP contribution in [0.2, 0.25) is 0 Å². The van der Waals surface area contributed by atoms with Gasteiger partial charge in [0.05, 0.1) is 12.7 Å². The van der Waals surface area contributed by atoms with Crippen molar-refractivity contribution in [3.63, 3.8) is 0 Å². The molecule has 0 heterocycles. The summed E-state index contributed by atoms with van der Waals surface area (Å²) < 4.78 is 31.5. The average molecular weight is 260 g/mol. The zero-order valence-corrected chi connectivity index (χ0v) is 10.1. The van der Waals surface area contributed by atoms with Gasteiger partial charge >= 0.3 is 0 Å². The van der Waals surface area contributed by atoms with Gasteiger partial charge in [-0.05, 0) is 30.3 Å². The van der Waals surface area contributed by atoms with Crippen LogP contribution in [0.5, 0.6) is 5.75 Å². The first kappa shape index (κ1) is 12.8. The molecule has 0 spiro atoms. The minimum atomic E-state index is -0.610. The molecular weight excluding hydrogens is 250 g/mol. The van der Waals surface area contributed by atoms with E-state index in [1.54, 1.807) is 12.1 Å². The quantitative estimate of drug-likeness (QED) is 0.917. The minimum absolute atomic E-state index is 0.0257. The van der Waals surface area contributed by atoms with E-state index < -0.39 is 11.6 Å². The Balaban J connectivity index is 2.26. The summed E-state index contributed by atoms with van der Waals surface area (Å²) in [5, 5.41) is 11.5. The predicted molar refractivity (Wildman–Crippen MR) is 67.3 cm³/mol. The molecule has 0 aliphatic rings. The molecule has 5 heteroatoms. The summed E-state index contributed by atoms with van der Waals surface area (Å²) in [4.78, 5) is 0. The largest absolute Gasteiger partial charge is 0.494 e. The van der Waals surface area contributed by atoms with E-state index in [4.69, 9.17) is 10.00 Å². The third-order valence-corrected chi connectivity index (χ3v) is 2.53. The van der Waals surface area contributed by atoms with Gasteiger partial charge in [-0.1, -0.05) is 0 Å². The van der Waals surface area contributed by atoms with Crippen molar-refractivity contribution in [1.82, 2.24) is 0 Å². The molecule has 0 radical (unpaired) electrons. The molecule has 2 aromatic carbocycles. The highest BCUT2D eigenvalue weighted by molar-refractivity contribution is 5.62. The number of rotatable bonds is 3. The van der Waals surface area contributed by atoms with E-state index in [0.717, 1.165) is 0 Å². The van der Waals surface area contributed by atoms with E-state index in [-0.39, 0.29) is 11.3 Å². The maximum Gasteiger partial charge on any atom is 0.165 e. The number of anilines is 2. The van der Waals surface area contributed by atoms with Crippen molar-refractivity contribution in [2.75, 3.05) is 12.4 Å². The molecule has 96 valence electrons. The van der Waals surface area contributed by atoms with Gasteiger partial charge in [0.25, 0.3) is 0 Å². The van der Waals surface area contributed by atoms with E-state index in [9.17, 15) is 8.78 Å². The van der Waals surface area contributed by atoms with Crippen LogP contribution in [0.4, 0.5) is 20.2 Å². The number of hydrogen-bond acceptors (Lipinski definition) is 3. The fourth-order valence-corrected chi connectivity index (χ4v) is 1.59. The minimum Gasteiger partial charge on any atom is -0.494 e. The summed E-state index contributed by atoms with van der Waals surface area (Å²) >= 11 is 0. The summed E-state index contributed by atoms with van der Waals surface area (Å²) in [5.74, 6) is -0.986. The average Bonchev–Trinajstić information content (AvgIpc) is 2.41. The zero-order chi connectivity index (χ0) is 13.8. The van der Waals surface area contributed by atoms with Crippen LogP contribution in [0.3, 0.4) is 0 Å². The molecule has 0 amide bonds. The lowest BCUT2D eigenvalue weighted by Gasteiger charge is -2.09. The summed E-state index contributed by atoms with van der Waals surface area (Å²) in [7, 11) is 1.36. The second-order valence-corrected chi connectivity index (χ2v) is 3.78. The Morgan fingerprint density at radius 1 is 1.05 bits per heavy atom. The highest BCUT2D eigenvalue weighted by atomic mass is 19.1. The van der Waals surface area contributed by atoms with Crippen LogP contribution in [-0.4, -0.2) is 7.11 Å². The summed E-state index contributed by atoms with van der Waals surface area (Å²) in [6.45, 7) is 0. The highest BCUT2D eigenvalue weighted by Gasteiger charge is 2.06. The van der Waals surface area contributed by atoms with Crippen molar-refractivity contribution in [3.8, 4) is 11.8 Å². The van der Waals surface area contributed by atoms with Gasteiger partial charge in [-0.25, -0.2) is 8.78 Å². The molecule has 0 saturated heterocycles. The van der Waals surface area contributed by atoms with E-state index in [1.807, 2.05) is 0 Å². The first-order valence-corrected chi connectivity index (χ1v) is 5.44. The van der Waals surface area contributed by atoms with E-state index in [2.05, 4.69) is 5.32 Å². The van der Waals surface area contributed by atoms with Crippen LogP contribution < -0.4 is 10.1 Å². The molecule has 0 saturated carbocycles. The molecule has 0 fully saturated rings. The maximum atomic E-state index is 13.4. The number of nitrogens with zero attached hydrogens (tertiary/aromatic N) is 1. The van der Waals surface area contributed by atoms with Crippen LogP contribution >= 0.6 is 0 Å². The Bertz CT molecular complexity index is 641. The zero-order valence-electron chi connectivity index (χ0n) is 10.1. The SMILES string of the molecule is COc1cc(Nc2ccc(C#N)c(F)c2)ccc1F. The monoisotopic (exact) mass is 260 g/mol. The van der Waals surface area contributed by atoms with Crippen LogP contribution in [-0.2, 0) is 0 Å². The Morgan fingerprint density at radius 3 is 2.37 bits per heavy atom. The summed E-state index contributed by atoms with van der Waals surface area (Å²) in [6.07, 6.45) is 0. The van der Waals surface area contributed by atoms with Crippen molar-refractivity contribution in [1.29, 1.82) is 5.26 Å². The molecule has 0 atom stereocenters. The van der Waals surface area contributed by atoms with Gasteiger partial charge in [0.15, 0.2) is 11.6 Å². The molecule has 0 aliphatic carbocycles. The van der Waals surface area contributed by atoms with Crippen molar-refractivity contribution in [2.24, 2.45) is 0 Å². The standard InChI is InChI=1S/C14H10F2N2O/c1-19-14-7-11(4-5-12(14)15)18-10-3-2-9(8-17)13(16)6-10/h2-7,18H,1H3. The smallest absolute Gasteiger partial charge is 0.165 e. The molecule has 0 aromatic heterocycles. The van der Waals surface area contributed by atoms with Gasteiger partial charge < -0.3 is 10.1 Å². The first-order chi connectivity index (χ1) is 9.13. The fourth-order valence-electron chi connectivity index (χ4n) is 1.59. The molecule has 0 aliphatic heterocycles. The van der Waals surface area contributed by atoms with E-state index in [0.29, 0.717) is 11.4 Å². The number of methoxy groups -OCH3 is 1. The second-order valence-electron chi connectivity index (χ2n) is 3.78. The summed E-state index contributed by atoms with van der Waals surface area (Å²) in [6, 6.07) is 10.1. The molecular formula is C14H10F2N2O. The van der Waals surface area contributed by atoms with Crippen molar-refractivity contribution in [2.45, 2.75) is 0 Å². The Kier molecular flexibility index (Phi) is 3.62. The van der Waals surface area contributed by atoms with Gasteiger partial charge in [-0.15, -0.1) is 0 Å². The number of nitriles is 1. The van der Waals surface area contributed by atoms with E-state index in [1.165, 1.54) is 37.4 Å². The third-order valence-electron chi connectivity index (χ3n) is 2.53. The third kappa shape index (κ3) is 2.80. The number of ether oxygens (including phenoxy) is 1. The molecule has 0 unspecified atom stereocenters. The normalized spacial score (nSPS) is 9.79. The second kappa shape index (κ2) is 5.36. The van der Waals surface area contributed by atoms with Gasteiger partial charge in [0.1, 0.15) is 11.9 Å². The van der Waals surface area contributed by atoms with Crippen molar-refractivity contribution >= 4 is 11.4 Å². The molecule has 19 heavy (non-hydrogen) atoms. The van der Waals surface area contributed by atoms with Gasteiger partial charge in [0, 0.05) is 17.4 Å². The van der Waals surface area contributed by atoms with Gasteiger partial charge in [-0.2, -0.15) is 5.26 Å².